The third-order valence-electron chi connectivity index (χ3n) is 3.57. The molecule has 0 bridgehead atoms. The van der Waals surface area contributed by atoms with Crippen LogP contribution in [0, 0.1) is 0 Å². The first-order valence-electron chi connectivity index (χ1n) is 7.20. The van der Waals surface area contributed by atoms with Gasteiger partial charge < -0.3 is 10.1 Å². The van der Waals surface area contributed by atoms with Crippen molar-refractivity contribution < 1.29 is 4.74 Å². The van der Waals surface area contributed by atoms with Crippen LogP contribution in [0.2, 0.25) is 5.02 Å². The summed E-state index contributed by atoms with van der Waals surface area (Å²) in [4.78, 5) is 0. The van der Waals surface area contributed by atoms with Gasteiger partial charge in [-0.05, 0) is 50.9 Å². The molecule has 1 aromatic rings. The summed E-state index contributed by atoms with van der Waals surface area (Å²) in [6, 6.07) is 8.22. The Balaban J connectivity index is 3.05. The van der Waals surface area contributed by atoms with Gasteiger partial charge in [-0.25, -0.2) is 0 Å². The lowest BCUT2D eigenvalue weighted by atomic mass is 9.87. The van der Waals surface area contributed by atoms with Gasteiger partial charge in [-0.1, -0.05) is 37.6 Å². The van der Waals surface area contributed by atoms with Gasteiger partial charge in [0.05, 0.1) is 11.6 Å². The zero-order chi connectivity index (χ0) is 14.3. The maximum atomic E-state index is 6.12. The first-order chi connectivity index (χ1) is 9.07. The van der Waals surface area contributed by atoms with Crippen molar-refractivity contribution in [2.45, 2.75) is 52.2 Å². The van der Waals surface area contributed by atoms with Gasteiger partial charge in [-0.15, -0.1) is 0 Å². The number of ether oxygens (including phenoxy) is 1. The van der Waals surface area contributed by atoms with Gasteiger partial charge in [0.2, 0.25) is 0 Å². The van der Waals surface area contributed by atoms with Crippen LogP contribution in [0.5, 0.6) is 0 Å². The van der Waals surface area contributed by atoms with Crippen molar-refractivity contribution in [3.05, 3.63) is 34.9 Å². The van der Waals surface area contributed by atoms with E-state index in [2.05, 4.69) is 32.2 Å². The molecule has 108 valence electrons. The molecule has 0 spiro atoms. The minimum Gasteiger partial charge on any atom is -0.374 e. The molecular weight excluding hydrogens is 258 g/mol. The van der Waals surface area contributed by atoms with Crippen LogP contribution in [0.1, 0.15) is 52.1 Å². The highest BCUT2D eigenvalue weighted by atomic mass is 35.5. The highest BCUT2D eigenvalue weighted by Crippen LogP contribution is 2.33. The summed E-state index contributed by atoms with van der Waals surface area (Å²) in [5.74, 6) is 0. The van der Waals surface area contributed by atoms with Crippen molar-refractivity contribution >= 4 is 11.6 Å². The summed E-state index contributed by atoms with van der Waals surface area (Å²) in [7, 11) is 0. The molecular formula is C16H26ClNO. The number of hydrogen-bond donors (Lipinski definition) is 1. The number of benzene rings is 1. The maximum Gasteiger partial charge on any atom is 0.0845 e. The number of rotatable bonds is 8. The summed E-state index contributed by atoms with van der Waals surface area (Å²) in [5.41, 5.74) is 0.980. The van der Waals surface area contributed by atoms with Gasteiger partial charge in [0.15, 0.2) is 0 Å². The lowest BCUT2D eigenvalue weighted by molar-refractivity contribution is -0.0562. The quantitative estimate of drug-likeness (QED) is 0.754. The second-order valence-corrected chi connectivity index (χ2v) is 5.48. The molecule has 0 radical (unpaired) electrons. The van der Waals surface area contributed by atoms with Crippen LogP contribution in [-0.4, -0.2) is 18.8 Å². The second-order valence-electron chi connectivity index (χ2n) is 5.04. The Hall–Kier alpha value is -0.570. The summed E-state index contributed by atoms with van der Waals surface area (Å²) < 4.78 is 6.03. The predicted octanol–water partition coefficient (Wildman–Crippen LogP) is 4.59. The van der Waals surface area contributed by atoms with Gasteiger partial charge in [0, 0.05) is 11.6 Å². The standard InChI is InChI=1S/C16H26ClNO/c1-5-11-18-15(16(4,6-2)19-7-3)13-9-8-10-14(17)12-13/h8-10,12,15,18H,5-7,11H2,1-4H3. The fraction of sp³-hybridized carbons (Fsp3) is 0.625. The van der Waals surface area contributed by atoms with Gasteiger partial charge in [0.1, 0.15) is 0 Å². The average molecular weight is 284 g/mol. The Morgan fingerprint density at radius 2 is 2.05 bits per heavy atom. The molecule has 0 aliphatic rings. The minimum atomic E-state index is -0.214. The number of hydrogen-bond acceptors (Lipinski definition) is 2. The molecule has 0 heterocycles. The molecule has 19 heavy (non-hydrogen) atoms. The van der Waals surface area contributed by atoms with Crippen LogP contribution in [0.3, 0.4) is 0 Å². The lowest BCUT2D eigenvalue weighted by Crippen LogP contribution is -2.43. The van der Waals surface area contributed by atoms with E-state index in [0.29, 0.717) is 0 Å². The Bertz CT molecular complexity index is 383. The van der Waals surface area contributed by atoms with Crippen molar-refractivity contribution in [2.75, 3.05) is 13.2 Å². The maximum absolute atomic E-state index is 6.12. The van der Waals surface area contributed by atoms with E-state index >= 15 is 0 Å². The third kappa shape index (κ3) is 4.48. The van der Waals surface area contributed by atoms with E-state index in [1.54, 1.807) is 0 Å². The fourth-order valence-electron chi connectivity index (χ4n) is 2.38. The summed E-state index contributed by atoms with van der Waals surface area (Å²) in [5, 5.41) is 4.38. The predicted molar refractivity (Wildman–Crippen MR) is 82.8 cm³/mol. The fourth-order valence-corrected chi connectivity index (χ4v) is 2.58. The van der Waals surface area contributed by atoms with Crippen molar-refractivity contribution in [2.24, 2.45) is 0 Å². The van der Waals surface area contributed by atoms with E-state index in [0.717, 1.165) is 31.0 Å². The lowest BCUT2D eigenvalue weighted by Gasteiger charge is -2.38. The van der Waals surface area contributed by atoms with Gasteiger partial charge in [0.25, 0.3) is 0 Å². The zero-order valence-electron chi connectivity index (χ0n) is 12.5. The summed E-state index contributed by atoms with van der Waals surface area (Å²) >= 11 is 6.12. The van der Waals surface area contributed by atoms with E-state index < -0.39 is 0 Å². The van der Waals surface area contributed by atoms with Crippen molar-refractivity contribution in [1.29, 1.82) is 0 Å². The second kappa shape index (κ2) is 7.88. The normalized spacial score (nSPS) is 16.1. The monoisotopic (exact) mass is 283 g/mol. The van der Waals surface area contributed by atoms with E-state index in [9.17, 15) is 0 Å². The van der Waals surface area contributed by atoms with E-state index in [-0.39, 0.29) is 11.6 Å². The molecule has 0 amide bonds. The van der Waals surface area contributed by atoms with Crippen LogP contribution in [0.25, 0.3) is 0 Å². The third-order valence-corrected chi connectivity index (χ3v) is 3.80. The van der Waals surface area contributed by atoms with Crippen molar-refractivity contribution in [1.82, 2.24) is 5.32 Å². The highest BCUT2D eigenvalue weighted by Gasteiger charge is 2.34. The molecule has 0 aliphatic heterocycles. The number of halogens is 1. The first-order valence-corrected chi connectivity index (χ1v) is 7.58. The van der Waals surface area contributed by atoms with Crippen LogP contribution >= 0.6 is 11.6 Å². The number of nitrogens with one attached hydrogen (secondary N) is 1. The molecule has 0 saturated heterocycles. The largest absolute Gasteiger partial charge is 0.374 e. The Morgan fingerprint density at radius 1 is 1.32 bits per heavy atom. The Kier molecular flexibility index (Phi) is 6.84. The molecule has 2 atom stereocenters. The van der Waals surface area contributed by atoms with E-state index in [4.69, 9.17) is 16.3 Å². The molecule has 2 unspecified atom stereocenters. The summed E-state index contributed by atoms with van der Waals surface area (Å²) in [6.45, 7) is 10.2. The molecule has 1 rings (SSSR count). The molecule has 1 N–H and O–H groups in total. The molecule has 0 fully saturated rings. The van der Waals surface area contributed by atoms with Crippen LogP contribution in [0.4, 0.5) is 0 Å². The Morgan fingerprint density at radius 3 is 2.58 bits per heavy atom. The van der Waals surface area contributed by atoms with Crippen LogP contribution < -0.4 is 5.32 Å². The zero-order valence-corrected chi connectivity index (χ0v) is 13.3. The molecule has 0 aromatic heterocycles. The average Bonchev–Trinajstić information content (AvgIpc) is 2.39. The smallest absolute Gasteiger partial charge is 0.0845 e. The van der Waals surface area contributed by atoms with E-state index in [1.807, 2.05) is 25.1 Å². The first kappa shape index (κ1) is 16.5. The van der Waals surface area contributed by atoms with Crippen molar-refractivity contribution in [3.63, 3.8) is 0 Å². The van der Waals surface area contributed by atoms with Crippen LogP contribution in [-0.2, 0) is 4.74 Å². The molecule has 0 saturated carbocycles. The molecule has 0 aliphatic carbocycles. The molecule has 1 aromatic carbocycles. The summed E-state index contributed by atoms with van der Waals surface area (Å²) in [6.07, 6.45) is 2.05. The molecule has 3 heteroatoms. The van der Waals surface area contributed by atoms with Gasteiger partial charge in [-0.3, -0.25) is 0 Å². The highest BCUT2D eigenvalue weighted by molar-refractivity contribution is 6.30. The minimum absolute atomic E-state index is 0.163. The molecule has 2 nitrogen and oxygen atoms in total. The van der Waals surface area contributed by atoms with E-state index in [1.165, 1.54) is 5.56 Å². The van der Waals surface area contributed by atoms with Crippen LogP contribution in [0.15, 0.2) is 24.3 Å². The Labute approximate surface area is 122 Å². The SMILES string of the molecule is CCCNC(c1cccc(Cl)c1)C(C)(CC)OCC. The van der Waals surface area contributed by atoms with Crippen molar-refractivity contribution in [3.8, 4) is 0 Å². The van der Waals surface area contributed by atoms with Gasteiger partial charge >= 0.3 is 0 Å². The topological polar surface area (TPSA) is 21.3 Å². The van der Waals surface area contributed by atoms with Gasteiger partial charge in [-0.2, -0.15) is 0 Å².